The Bertz CT molecular complexity index is 468. The highest BCUT2D eigenvalue weighted by molar-refractivity contribution is 5.87. The van der Waals surface area contributed by atoms with E-state index in [2.05, 4.69) is 5.32 Å². The first-order chi connectivity index (χ1) is 9.99. The summed E-state index contributed by atoms with van der Waals surface area (Å²) < 4.78 is 0. The van der Waals surface area contributed by atoms with E-state index in [1.54, 1.807) is 11.8 Å². The molecule has 1 unspecified atom stereocenters. The van der Waals surface area contributed by atoms with Gasteiger partial charge in [-0.05, 0) is 32.8 Å². The maximum atomic E-state index is 12.3. The largest absolute Gasteiger partial charge is 0.355 e. The minimum Gasteiger partial charge on any atom is -0.355 e. The van der Waals surface area contributed by atoms with Crippen LogP contribution in [0.3, 0.4) is 0 Å². The monoisotopic (exact) mass is 290 g/mol. The number of carbonyl (C=O) groups excluding carboxylic acids is 2. The van der Waals surface area contributed by atoms with E-state index >= 15 is 0 Å². The lowest BCUT2D eigenvalue weighted by atomic mass is 10.1. The lowest BCUT2D eigenvalue weighted by Gasteiger charge is -2.28. The smallest absolute Gasteiger partial charge is 0.242 e. The third kappa shape index (κ3) is 5.21. The van der Waals surface area contributed by atoms with Crippen molar-refractivity contribution in [1.82, 2.24) is 10.2 Å². The van der Waals surface area contributed by atoms with Crippen LogP contribution < -0.4 is 5.32 Å². The molecule has 0 heterocycles. The molecule has 2 amide bonds. The van der Waals surface area contributed by atoms with Crippen molar-refractivity contribution in [3.8, 4) is 0 Å². The Morgan fingerprint density at radius 2 is 1.81 bits per heavy atom. The summed E-state index contributed by atoms with van der Waals surface area (Å²) in [6.45, 7) is 8.70. The van der Waals surface area contributed by atoms with Gasteiger partial charge < -0.3 is 10.2 Å². The van der Waals surface area contributed by atoms with Crippen molar-refractivity contribution in [3.63, 3.8) is 0 Å². The van der Waals surface area contributed by atoms with Crippen LogP contribution in [0.2, 0.25) is 0 Å². The molecule has 0 fully saturated rings. The van der Waals surface area contributed by atoms with Crippen LogP contribution in [0.15, 0.2) is 24.3 Å². The Hall–Kier alpha value is -1.84. The van der Waals surface area contributed by atoms with Crippen molar-refractivity contribution in [2.24, 2.45) is 0 Å². The fourth-order valence-corrected chi connectivity index (χ4v) is 2.15. The van der Waals surface area contributed by atoms with Gasteiger partial charge in [0.05, 0.1) is 0 Å². The molecule has 1 aromatic carbocycles. The van der Waals surface area contributed by atoms with Crippen LogP contribution in [0.5, 0.6) is 0 Å². The predicted molar refractivity (Wildman–Crippen MR) is 84.8 cm³/mol. The summed E-state index contributed by atoms with van der Waals surface area (Å²) >= 11 is 0. The van der Waals surface area contributed by atoms with E-state index in [0.717, 1.165) is 12.0 Å². The number of aryl methyl sites for hydroxylation is 1. The molecule has 1 rings (SSSR count). The number of likely N-dealkylation sites (N-methyl/N-ethyl adjacent to an activating group) is 1. The fourth-order valence-electron chi connectivity index (χ4n) is 2.15. The average molecular weight is 290 g/mol. The number of hydrogen-bond donors (Lipinski definition) is 1. The zero-order valence-corrected chi connectivity index (χ0v) is 13.5. The van der Waals surface area contributed by atoms with Gasteiger partial charge in [-0.2, -0.15) is 0 Å². The minimum atomic E-state index is -0.453. The molecular weight excluding hydrogens is 264 g/mol. The first kappa shape index (κ1) is 17.2. The molecule has 0 bridgehead atoms. The Morgan fingerprint density at radius 3 is 2.33 bits per heavy atom. The Balaban J connectivity index is 2.88. The third-order valence-corrected chi connectivity index (χ3v) is 3.46. The van der Waals surface area contributed by atoms with E-state index in [1.807, 2.05) is 45.0 Å². The zero-order chi connectivity index (χ0) is 15.8. The molecule has 0 aliphatic heterocycles. The lowest BCUT2D eigenvalue weighted by molar-refractivity contribution is -0.140. The molecule has 21 heavy (non-hydrogen) atoms. The maximum absolute atomic E-state index is 12.3. The van der Waals surface area contributed by atoms with Gasteiger partial charge in [0.25, 0.3) is 0 Å². The van der Waals surface area contributed by atoms with Gasteiger partial charge in [0.1, 0.15) is 6.04 Å². The number of hydrogen-bond acceptors (Lipinski definition) is 2. The van der Waals surface area contributed by atoms with Gasteiger partial charge in [0.2, 0.25) is 11.8 Å². The summed E-state index contributed by atoms with van der Waals surface area (Å²) in [5, 5.41) is 2.78. The van der Waals surface area contributed by atoms with Crippen LogP contribution in [-0.2, 0) is 16.1 Å². The molecule has 1 atom stereocenters. The quantitative estimate of drug-likeness (QED) is 0.839. The number of amides is 2. The van der Waals surface area contributed by atoms with Crippen LogP contribution >= 0.6 is 0 Å². The molecule has 0 aromatic heterocycles. The van der Waals surface area contributed by atoms with Crippen molar-refractivity contribution in [1.29, 1.82) is 0 Å². The summed E-state index contributed by atoms with van der Waals surface area (Å²) in [6.07, 6.45) is 1.25. The van der Waals surface area contributed by atoms with E-state index in [9.17, 15) is 9.59 Å². The van der Waals surface area contributed by atoms with Gasteiger partial charge in [-0.3, -0.25) is 9.59 Å². The summed E-state index contributed by atoms with van der Waals surface area (Å²) in [7, 11) is 0. The zero-order valence-electron chi connectivity index (χ0n) is 13.5. The number of nitrogens with one attached hydrogen (secondary N) is 1. The summed E-state index contributed by atoms with van der Waals surface area (Å²) in [5.74, 6) is -0.0779. The first-order valence-corrected chi connectivity index (χ1v) is 7.62. The predicted octanol–water partition coefficient (Wildman–Crippen LogP) is 2.65. The van der Waals surface area contributed by atoms with Crippen molar-refractivity contribution in [3.05, 3.63) is 35.4 Å². The molecule has 0 saturated carbocycles. The van der Waals surface area contributed by atoms with Gasteiger partial charge in [0, 0.05) is 19.5 Å². The maximum Gasteiger partial charge on any atom is 0.242 e. The highest BCUT2D eigenvalue weighted by Gasteiger charge is 2.24. The molecule has 116 valence electrons. The highest BCUT2D eigenvalue weighted by atomic mass is 16.2. The molecule has 0 saturated heterocycles. The van der Waals surface area contributed by atoms with Gasteiger partial charge in [-0.1, -0.05) is 36.8 Å². The summed E-state index contributed by atoms with van der Waals surface area (Å²) in [4.78, 5) is 26.0. The van der Waals surface area contributed by atoms with Crippen LogP contribution in [0.4, 0.5) is 0 Å². The Labute approximate surface area is 127 Å². The molecular formula is C17H26N2O2. The van der Waals surface area contributed by atoms with Gasteiger partial charge in [-0.25, -0.2) is 0 Å². The van der Waals surface area contributed by atoms with Gasteiger partial charge in [-0.15, -0.1) is 0 Å². The fraction of sp³-hybridized carbons (Fsp3) is 0.529. The van der Waals surface area contributed by atoms with Crippen molar-refractivity contribution in [2.45, 2.75) is 53.1 Å². The molecule has 0 aliphatic carbocycles. The van der Waals surface area contributed by atoms with Crippen molar-refractivity contribution < 1.29 is 9.59 Å². The van der Waals surface area contributed by atoms with E-state index in [0.29, 0.717) is 19.5 Å². The summed E-state index contributed by atoms with van der Waals surface area (Å²) in [6, 6.07) is 7.60. The minimum absolute atomic E-state index is 0.0248. The molecule has 0 spiro atoms. The molecule has 4 heteroatoms. The van der Waals surface area contributed by atoms with E-state index in [4.69, 9.17) is 0 Å². The number of nitrogens with zero attached hydrogens (tertiary/aromatic N) is 1. The van der Waals surface area contributed by atoms with Crippen molar-refractivity contribution in [2.75, 3.05) is 6.54 Å². The van der Waals surface area contributed by atoms with Crippen LogP contribution in [-0.4, -0.2) is 29.3 Å². The Kier molecular flexibility index (Phi) is 6.92. The molecule has 1 N–H and O–H groups in total. The third-order valence-electron chi connectivity index (χ3n) is 3.46. The second-order valence-corrected chi connectivity index (χ2v) is 5.33. The van der Waals surface area contributed by atoms with Crippen LogP contribution in [0, 0.1) is 6.92 Å². The van der Waals surface area contributed by atoms with Gasteiger partial charge >= 0.3 is 0 Å². The van der Waals surface area contributed by atoms with E-state index in [-0.39, 0.29) is 11.8 Å². The Morgan fingerprint density at radius 1 is 1.19 bits per heavy atom. The molecule has 0 aliphatic rings. The molecule has 0 radical (unpaired) electrons. The van der Waals surface area contributed by atoms with Crippen LogP contribution in [0.25, 0.3) is 0 Å². The number of carbonyl (C=O) groups is 2. The van der Waals surface area contributed by atoms with Crippen LogP contribution in [0.1, 0.15) is 44.7 Å². The van der Waals surface area contributed by atoms with Crippen molar-refractivity contribution >= 4 is 11.8 Å². The average Bonchev–Trinajstić information content (AvgIpc) is 2.46. The SMILES string of the molecule is CCCC(=O)N(Cc1ccc(C)cc1)C(C)C(=O)NCC. The summed E-state index contributed by atoms with van der Waals surface area (Å²) in [5.41, 5.74) is 2.23. The topological polar surface area (TPSA) is 49.4 Å². The number of rotatable bonds is 7. The second kappa shape index (κ2) is 8.45. The normalized spacial score (nSPS) is 11.8. The second-order valence-electron chi connectivity index (χ2n) is 5.33. The molecule has 4 nitrogen and oxygen atoms in total. The molecule has 1 aromatic rings. The van der Waals surface area contributed by atoms with E-state index in [1.165, 1.54) is 5.56 Å². The highest BCUT2D eigenvalue weighted by Crippen LogP contribution is 2.12. The van der Waals surface area contributed by atoms with E-state index < -0.39 is 6.04 Å². The van der Waals surface area contributed by atoms with Gasteiger partial charge in [0.15, 0.2) is 0 Å². The lowest BCUT2D eigenvalue weighted by Crippen LogP contribution is -2.47. The first-order valence-electron chi connectivity index (χ1n) is 7.62. The number of benzene rings is 1. The standard InChI is InChI=1S/C17H26N2O2/c1-5-7-16(20)19(14(4)17(21)18-6-2)12-15-10-8-13(3)9-11-15/h8-11,14H,5-7,12H2,1-4H3,(H,18,21).